The molecule has 1 N–H and O–H groups in total. The first kappa shape index (κ1) is 27.2. The molecule has 9 heteroatoms. The Balaban J connectivity index is 1.89. The van der Waals surface area contributed by atoms with Gasteiger partial charge in [-0.1, -0.05) is 58.6 Å². The monoisotopic (exact) mass is 563 g/mol. The zero-order chi connectivity index (χ0) is 25.8. The van der Waals surface area contributed by atoms with Gasteiger partial charge in [-0.3, -0.25) is 13.9 Å². The fraction of sp³-hybridized carbons (Fsp3) is 0.462. The van der Waals surface area contributed by atoms with Crippen LogP contribution in [0.3, 0.4) is 0 Å². The Morgan fingerprint density at radius 3 is 2.40 bits per heavy atom. The molecule has 7 nitrogen and oxygen atoms in total. The summed E-state index contributed by atoms with van der Waals surface area (Å²) in [5.74, 6) is -0.658. The number of carbonyl (C=O) groups is 2. The number of anilines is 1. The summed E-state index contributed by atoms with van der Waals surface area (Å²) in [7, 11) is -3.75. The summed E-state index contributed by atoms with van der Waals surface area (Å²) in [6.07, 6.45) is 5.13. The summed E-state index contributed by atoms with van der Waals surface area (Å²) in [4.78, 5) is 28.2. The summed E-state index contributed by atoms with van der Waals surface area (Å²) in [6.45, 7) is 5.33. The van der Waals surface area contributed by atoms with Crippen LogP contribution in [0.4, 0.5) is 5.69 Å². The van der Waals surface area contributed by atoms with Crippen LogP contribution in [0.2, 0.25) is 0 Å². The molecule has 0 heterocycles. The van der Waals surface area contributed by atoms with Gasteiger partial charge in [0.2, 0.25) is 21.8 Å². The Kier molecular flexibility index (Phi) is 8.99. The first-order valence-corrected chi connectivity index (χ1v) is 14.5. The van der Waals surface area contributed by atoms with Gasteiger partial charge >= 0.3 is 0 Å². The molecule has 1 atom stereocenters. The van der Waals surface area contributed by atoms with Gasteiger partial charge in [0, 0.05) is 17.1 Å². The molecule has 0 aromatic heterocycles. The van der Waals surface area contributed by atoms with Crippen LogP contribution in [-0.2, 0) is 26.2 Å². The maximum absolute atomic E-state index is 13.6. The fourth-order valence-corrected chi connectivity index (χ4v) is 5.47. The van der Waals surface area contributed by atoms with Crippen molar-refractivity contribution in [2.24, 2.45) is 0 Å². The van der Waals surface area contributed by atoms with Gasteiger partial charge in [-0.2, -0.15) is 0 Å². The van der Waals surface area contributed by atoms with Gasteiger partial charge in [0.1, 0.15) is 12.6 Å². The zero-order valence-corrected chi connectivity index (χ0v) is 23.2. The normalized spacial score (nSPS) is 15.0. The van der Waals surface area contributed by atoms with Crippen LogP contribution in [0.15, 0.2) is 46.9 Å². The van der Waals surface area contributed by atoms with E-state index in [1.165, 1.54) is 4.90 Å². The molecule has 190 valence electrons. The predicted octanol–water partition coefficient (Wildman–Crippen LogP) is 4.31. The highest BCUT2D eigenvalue weighted by atomic mass is 79.9. The Morgan fingerprint density at radius 1 is 1.11 bits per heavy atom. The maximum Gasteiger partial charge on any atom is 0.244 e. The number of halogens is 1. The van der Waals surface area contributed by atoms with Crippen LogP contribution in [0, 0.1) is 13.8 Å². The first-order chi connectivity index (χ1) is 16.5. The molecule has 0 bridgehead atoms. The van der Waals surface area contributed by atoms with Gasteiger partial charge in [0.25, 0.3) is 0 Å². The number of hydrogen-bond acceptors (Lipinski definition) is 4. The lowest BCUT2D eigenvalue weighted by atomic mass is 10.1. The Morgan fingerprint density at radius 2 is 1.80 bits per heavy atom. The molecule has 0 unspecified atom stereocenters. The molecule has 2 aromatic carbocycles. The predicted molar refractivity (Wildman–Crippen MR) is 143 cm³/mol. The van der Waals surface area contributed by atoms with E-state index in [2.05, 4.69) is 21.2 Å². The average molecular weight is 565 g/mol. The summed E-state index contributed by atoms with van der Waals surface area (Å²) >= 11 is 3.43. The van der Waals surface area contributed by atoms with E-state index in [0.29, 0.717) is 5.69 Å². The van der Waals surface area contributed by atoms with Crippen LogP contribution < -0.4 is 9.62 Å². The fourth-order valence-electron chi connectivity index (χ4n) is 4.38. The quantitative estimate of drug-likeness (QED) is 0.492. The van der Waals surface area contributed by atoms with Crippen molar-refractivity contribution in [3.05, 3.63) is 63.6 Å². The Hall–Kier alpha value is -2.39. The number of benzene rings is 2. The molecule has 1 fully saturated rings. The van der Waals surface area contributed by atoms with Crippen molar-refractivity contribution in [1.82, 2.24) is 10.2 Å². The van der Waals surface area contributed by atoms with Crippen molar-refractivity contribution in [3.63, 3.8) is 0 Å². The van der Waals surface area contributed by atoms with E-state index < -0.39 is 28.5 Å². The van der Waals surface area contributed by atoms with E-state index >= 15 is 0 Å². The lowest BCUT2D eigenvalue weighted by Crippen LogP contribution is -2.52. The number of amides is 2. The van der Waals surface area contributed by atoms with E-state index in [0.717, 1.165) is 57.4 Å². The van der Waals surface area contributed by atoms with Crippen LogP contribution in [0.25, 0.3) is 0 Å². The minimum absolute atomic E-state index is 0.124. The van der Waals surface area contributed by atoms with Crippen molar-refractivity contribution >= 4 is 43.5 Å². The van der Waals surface area contributed by atoms with Crippen molar-refractivity contribution in [2.45, 2.75) is 65.1 Å². The third-order valence-electron chi connectivity index (χ3n) is 6.41. The molecule has 0 radical (unpaired) electrons. The molecule has 1 aliphatic carbocycles. The average Bonchev–Trinajstić information content (AvgIpc) is 3.29. The van der Waals surface area contributed by atoms with Gasteiger partial charge in [0.05, 0.1) is 11.9 Å². The van der Waals surface area contributed by atoms with Gasteiger partial charge in [-0.25, -0.2) is 8.42 Å². The number of rotatable bonds is 9. The van der Waals surface area contributed by atoms with E-state index in [4.69, 9.17) is 0 Å². The third-order valence-corrected chi connectivity index (χ3v) is 8.44. The molecule has 1 aliphatic rings. The second-order valence-electron chi connectivity index (χ2n) is 9.38. The molecule has 2 aromatic rings. The van der Waals surface area contributed by atoms with Crippen LogP contribution in [0.1, 0.15) is 49.3 Å². The summed E-state index contributed by atoms with van der Waals surface area (Å²) in [5.41, 5.74) is 3.18. The number of carbonyl (C=O) groups excluding carboxylic acids is 2. The Bertz CT molecular complexity index is 1180. The lowest BCUT2D eigenvalue weighted by molar-refractivity contribution is -0.139. The van der Waals surface area contributed by atoms with E-state index in [9.17, 15) is 18.0 Å². The van der Waals surface area contributed by atoms with E-state index in [1.807, 2.05) is 38.1 Å². The molecular formula is C26H34BrN3O4S. The zero-order valence-electron chi connectivity index (χ0n) is 20.8. The number of nitrogens with zero attached hydrogens (tertiary/aromatic N) is 2. The van der Waals surface area contributed by atoms with Gasteiger partial charge < -0.3 is 10.2 Å². The van der Waals surface area contributed by atoms with E-state index in [-0.39, 0.29) is 18.5 Å². The highest BCUT2D eigenvalue weighted by Gasteiger charge is 2.31. The second kappa shape index (κ2) is 11.6. The van der Waals surface area contributed by atoms with Crippen LogP contribution in [0.5, 0.6) is 0 Å². The maximum atomic E-state index is 13.6. The highest BCUT2D eigenvalue weighted by Crippen LogP contribution is 2.25. The van der Waals surface area contributed by atoms with Crippen molar-refractivity contribution < 1.29 is 18.0 Å². The minimum atomic E-state index is -3.75. The Labute approximate surface area is 217 Å². The molecule has 0 spiro atoms. The van der Waals surface area contributed by atoms with Gasteiger partial charge in [0.15, 0.2) is 0 Å². The molecule has 35 heavy (non-hydrogen) atoms. The molecule has 0 saturated heterocycles. The first-order valence-electron chi connectivity index (χ1n) is 11.8. The summed E-state index contributed by atoms with van der Waals surface area (Å²) < 4.78 is 27.3. The van der Waals surface area contributed by atoms with Crippen molar-refractivity contribution in [1.29, 1.82) is 0 Å². The number of aryl methyl sites for hydroxylation is 2. The van der Waals surface area contributed by atoms with Crippen LogP contribution >= 0.6 is 15.9 Å². The SMILES string of the molecule is Cc1cccc(CN(C(=O)CN(c2ccc(Br)c(C)c2)S(C)(=O)=O)[C@@H](C)C(=O)NC2CCCC2)c1. The second-order valence-corrected chi connectivity index (χ2v) is 12.1. The molecule has 3 rings (SSSR count). The smallest absolute Gasteiger partial charge is 0.244 e. The summed E-state index contributed by atoms with van der Waals surface area (Å²) in [5, 5.41) is 3.07. The topological polar surface area (TPSA) is 86.8 Å². The molecular weight excluding hydrogens is 530 g/mol. The molecule has 2 amide bonds. The van der Waals surface area contributed by atoms with Gasteiger partial charge in [-0.15, -0.1) is 0 Å². The lowest BCUT2D eigenvalue weighted by Gasteiger charge is -2.32. The molecule has 0 aliphatic heterocycles. The molecule has 1 saturated carbocycles. The van der Waals surface area contributed by atoms with Crippen molar-refractivity contribution in [3.8, 4) is 0 Å². The van der Waals surface area contributed by atoms with Gasteiger partial charge in [-0.05, 0) is 62.9 Å². The van der Waals surface area contributed by atoms with E-state index in [1.54, 1.807) is 25.1 Å². The van der Waals surface area contributed by atoms with Crippen LogP contribution in [-0.4, -0.2) is 50.0 Å². The standard InChI is InChI=1S/C26H34BrN3O4S/c1-18-8-7-9-21(14-18)16-29(20(3)26(32)28-22-10-5-6-11-22)25(31)17-30(35(4,33)34)23-12-13-24(27)19(2)15-23/h7-9,12-15,20,22H,5-6,10-11,16-17H2,1-4H3,(H,28,32)/t20-/m0/s1. The minimum Gasteiger partial charge on any atom is -0.352 e. The largest absolute Gasteiger partial charge is 0.352 e. The number of nitrogens with one attached hydrogen (secondary N) is 1. The third kappa shape index (κ3) is 7.30. The highest BCUT2D eigenvalue weighted by molar-refractivity contribution is 9.10. The number of hydrogen-bond donors (Lipinski definition) is 1. The number of sulfonamides is 1. The van der Waals surface area contributed by atoms with Crippen molar-refractivity contribution in [2.75, 3.05) is 17.1 Å². The summed E-state index contributed by atoms with van der Waals surface area (Å²) in [6, 6.07) is 12.3.